The van der Waals surface area contributed by atoms with Gasteiger partial charge in [-0.3, -0.25) is 14.3 Å². The first kappa shape index (κ1) is 23.0. The van der Waals surface area contributed by atoms with E-state index in [1.54, 1.807) is 12.1 Å². The van der Waals surface area contributed by atoms with Crippen molar-refractivity contribution in [3.8, 4) is 11.8 Å². The van der Waals surface area contributed by atoms with Crippen LogP contribution < -0.4 is 14.8 Å². The zero-order chi connectivity index (χ0) is 24.1. The van der Waals surface area contributed by atoms with E-state index >= 15 is 0 Å². The number of amides is 1. The fourth-order valence-corrected chi connectivity index (χ4v) is 5.11. The SMILES string of the molecule is O=C1C[C@H](C(=O)NC23CC(c4cnc(OCCCOC(F)(F)F)o4)(C2)C3)Oc2ccc(Cl)cc21. The van der Waals surface area contributed by atoms with Gasteiger partial charge in [-0.05, 0) is 37.5 Å². The minimum absolute atomic E-state index is 0.0160. The number of ketones is 1. The van der Waals surface area contributed by atoms with E-state index in [4.69, 9.17) is 25.5 Å². The van der Waals surface area contributed by atoms with Crippen molar-refractivity contribution < 1.29 is 41.4 Å². The molecule has 3 aliphatic carbocycles. The first-order valence-corrected chi connectivity index (χ1v) is 11.1. The number of nitrogens with zero attached hydrogens (tertiary/aromatic N) is 1. The van der Waals surface area contributed by atoms with Crippen LogP contribution in [0.4, 0.5) is 13.2 Å². The second-order valence-corrected chi connectivity index (χ2v) is 9.38. The molecule has 8 nitrogen and oxygen atoms in total. The Kier molecular flexibility index (Phi) is 5.51. The highest BCUT2D eigenvalue weighted by atomic mass is 35.5. The first-order valence-electron chi connectivity index (χ1n) is 10.7. The summed E-state index contributed by atoms with van der Waals surface area (Å²) >= 11 is 5.93. The normalized spacial score (nSPS) is 27.2. The highest BCUT2D eigenvalue weighted by Crippen LogP contribution is 2.68. The predicted molar refractivity (Wildman–Crippen MR) is 110 cm³/mol. The summed E-state index contributed by atoms with van der Waals surface area (Å²) in [7, 11) is 0. The van der Waals surface area contributed by atoms with E-state index in [0.29, 0.717) is 41.4 Å². The smallest absolute Gasteiger partial charge is 0.479 e. The maximum atomic E-state index is 12.8. The molecule has 3 saturated carbocycles. The van der Waals surface area contributed by atoms with Gasteiger partial charge in [-0.25, -0.2) is 0 Å². The van der Waals surface area contributed by atoms with Crippen LogP contribution in [0.25, 0.3) is 0 Å². The van der Waals surface area contributed by atoms with Gasteiger partial charge >= 0.3 is 12.4 Å². The van der Waals surface area contributed by atoms with E-state index in [9.17, 15) is 22.8 Å². The molecule has 0 spiro atoms. The number of fused-ring (bicyclic) bond motifs is 1. The van der Waals surface area contributed by atoms with Gasteiger partial charge in [-0.2, -0.15) is 4.98 Å². The van der Waals surface area contributed by atoms with Gasteiger partial charge in [-0.1, -0.05) is 11.6 Å². The van der Waals surface area contributed by atoms with Crippen LogP contribution in [0.15, 0.2) is 28.8 Å². The van der Waals surface area contributed by atoms with Crippen molar-refractivity contribution in [1.82, 2.24) is 10.3 Å². The third kappa shape index (κ3) is 4.34. The monoisotopic (exact) mass is 500 g/mol. The third-order valence-corrected chi connectivity index (χ3v) is 6.62. The zero-order valence-electron chi connectivity index (χ0n) is 17.7. The number of alkyl halides is 3. The summed E-state index contributed by atoms with van der Waals surface area (Å²) in [6.45, 7) is -0.544. The molecular formula is C22H20ClF3N2O6. The van der Waals surface area contributed by atoms with Crippen molar-refractivity contribution in [2.24, 2.45) is 0 Å². The van der Waals surface area contributed by atoms with Crippen LogP contribution in [0.2, 0.25) is 5.02 Å². The average molecular weight is 501 g/mol. The van der Waals surface area contributed by atoms with E-state index in [1.807, 2.05) is 0 Å². The number of oxazole rings is 1. The lowest BCUT2D eigenvalue weighted by molar-refractivity contribution is -0.324. The number of hydrogen-bond donors (Lipinski definition) is 1. The lowest BCUT2D eigenvalue weighted by atomic mass is 9.38. The number of Topliss-reactive ketones (excluding diaryl/α,β-unsaturated/α-hetero) is 1. The molecule has 0 saturated heterocycles. The van der Waals surface area contributed by atoms with E-state index in [2.05, 4.69) is 15.0 Å². The molecule has 2 bridgehead atoms. The molecular weight excluding hydrogens is 481 g/mol. The van der Waals surface area contributed by atoms with Crippen LogP contribution in [-0.4, -0.2) is 47.9 Å². The van der Waals surface area contributed by atoms with Crippen LogP contribution in [0.5, 0.6) is 11.8 Å². The van der Waals surface area contributed by atoms with Gasteiger partial charge in [0.15, 0.2) is 11.9 Å². The lowest BCUT2D eigenvalue weighted by Gasteiger charge is -2.69. The molecule has 1 aromatic carbocycles. The number of hydrogen-bond acceptors (Lipinski definition) is 7. The summed E-state index contributed by atoms with van der Waals surface area (Å²) in [4.78, 5) is 29.2. The van der Waals surface area contributed by atoms with Crippen LogP contribution in [0.3, 0.4) is 0 Å². The van der Waals surface area contributed by atoms with Crippen molar-refractivity contribution in [2.75, 3.05) is 13.2 Å². The second-order valence-electron chi connectivity index (χ2n) is 8.94. The van der Waals surface area contributed by atoms with Gasteiger partial charge in [0.25, 0.3) is 5.91 Å². The summed E-state index contributed by atoms with van der Waals surface area (Å²) < 4.78 is 56.1. The van der Waals surface area contributed by atoms with Crippen LogP contribution in [0.1, 0.15) is 48.2 Å². The molecule has 4 aliphatic rings. The highest BCUT2D eigenvalue weighted by molar-refractivity contribution is 6.31. The number of nitrogens with one attached hydrogen (secondary N) is 1. The quantitative estimate of drug-likeness (QED) is 0.548. The van der Waals surface area contributed by atoms with Crippen molar-refractivity contribution >= 4 is 23.3 Å². The Hall–Kier alpha value is -2.79. The largest absolute Gasteiger partial charge is 0.522 e. The summed E-state index contributed by atoms with van der Waals surface area (Å²) in [6, 6.07) is 4.71. The minimum Gasteiger partial charge on any atom is -0.479 e. The Morgan fingerprint density at radius 1 is 1.26 bits per heavy atom. The molecule has 182 valence electrons. The van der Waals surface area contributed by atoms with E-state index < -0.39 is 19.1 Å². The van der Waals surface area contributed by atoms with Crippen molar-refractivity contribution in [1.29, 1.82) is 0 Å². The fraction of sp³-hybridized carbons (Fsp3) is 0.500. The van der Waals surface area contributed by atoms with Crippen molar-refractivity contribution in [2.45, 2.75) is 55.5 Å². The third-order valence-electron chi connectivity index (χ3n) is 6.38. The van der Waals surface area contributed by atoms with Crippen LogP contribution in [-0.2, 0) is 14.9 Å². The molecule has 1 N–H and O–H groups in total. The maximum Gasteiger partial charge on any atom is 0.522 e. The standard InChI is InChI=1S/C22H20ClF3N2O6/c23-12-2-3-15-13(6-12)14(29)7-16(33-15)18(30)28-21-9-20(10-21,11-21)17-8-27-19(34-17)31-4-1-5-32-22(24,25)26/h2-3,6,8,16H,1,4-5,7,9-11H2,(H,28,30)/t16-,20?,21?/m1/s1. The van der Waals surface area contributed by atoms with Gasteiger partial charge < -0.3 is 19.2 Å². The van der Waals surface area contributed by atoms with E-state index in [0.717, 1.165) is 0 Å². The van der Waals surface area contributed by atoms with Gasteiger partial charge in [0.05, 0.1) is 31.4 Å². The molecule has 1 aliphatic heterocycles. The Bertz CT molecular complexity index is 1110. The Balaban J connectivity index is 1.10. The Morgan fingerprint density at radius 2 is 2.03 bits per heavy atom. The molecule has 1 amide bonds. The molecule has 34 heavy (non-hydrogen) atoms. The molecule has 1 aromatic heterocycles. The highest BCUT2D eigenvalue weighted by Gasteiger charge is 2.71. The topological polar surface area (TPSA) is 99.9 Å². The fourth-order valence-electron chi connectivity index (χ4n) is 4.94. The predicted octanol–water partition coefficient (Wildman–Crippen LogP) is 3.96. The summed E-state index contributed by atoms with van der Waals surface area (Å²) in [5, 5.41) is 3.44. The molecule has 0 unspecified atom stereocenters. The molecule has 1 atom stereocenters. The first-order chi connectivity index (χ1) is 16.1. The molecule has 2 heterocycles. The number of halogens is 4. The second kappa shape index (κ2) is 8.16. The number of ether oxygens (including phenoxy) is 3. The van der Waals surface area contributed by atoms with Crippen molar-refractivity contribution in [3.63, 3.8) is 0 Å². The molecule has 12 heteroatoms. The van der Waals surface area contributed by atoms with Crippen LogP contribution in [0, 0.1) is 0 Å². The number of aromatic nitrogens is 1. The number of carbonyl (C=O) groups is 2. The molecule has 3 fully saturated rings. The zero-order valence-corrected chi connectivity index (χ0v) is 18.5. The minimum atomic E-state index is -4.66. The van der Waals surface area contributed by atoms with Crippen LogP contribution >= 0.6 is 11.6 Å². The van der Waals surface area contributed by atoms with E-state index in [1.165, 1.54) is 12.3 Å². The summed E-state index contributed by atoms with van der Waals surface area (Å²) in [5.41, 5.74) is -0.266. The van der Waals surface area contributed by atoms with Gasteiger partial charge in [0.2, 0.25) is 0 Å². The van der Waals surface area contributed by atoms with Gasteiger partial charge in [-0.15, -0.1) is 13.2 Å². The molecule has 0 radical (unpaired) electrons. The molecule has 6 rings (SSSR count). The van der Waals surface area contributed by atoms with Gasteiger partial charge in [0, 0.05) is 22.4 Å². The average Bonchev–Trinajstić information content (AvgIpc) is 3.17. The Labute approximate surface area is 196 Å². The molecule has 2 aromatic rings. The Morgan fingerprint density at radius 3 is 2.76 bits per heavy atom. The number of rotatable bonds is 8. The maximum absolute atomic E-state index is 12.8. The van der Waals surface area contributed by atoms with Crippen molar-refractivity contribution in [3.05, 3.63) is 40.7 Å². The number of carbonyl (C=O) groups excluding carboxylic acids is 2. The van der Waals surface area contributed by atoms with E-state index in [-0.39, 0.29) is 48.2 Å². The summed E-state index contributed by atoms with van der Waals surface area (Å²) in [6.07, 6.45) is -2.14. The number of benzene rings is 1. The lowest BCUT2D eigenvalue weighted by Crippen LogP contribution is -2.77. The van der Waals surface area contributed by atoms with Gasteiger partial charge in [0.1, 0.15) is 11.5 Å². The summed E-state index contributed by atoms with van der Waals surface area (Å²) in [5.74, 6) is 0.413.